The van der Waals surface area contributed by atoms with Crippen LogP contribution in [0.5, 0.6) is 0 Å². The molecule has 0 saturated heterocycles. The number of fused-ring (bicyclic) bond motifs is 1. The molecule has 0 radical (unpaired) electrons. The predicted octanol–water partition coefficient (Wildman–Crippen LogP) is 3.96. The van der Waals surface area contributed by atoms with Crippen LogP contribution >= 0.6 is 0 Å². The van der Waals surface area contributed by atoms with E-state index in [1.165, 1.54) is 16.8 Å². The van der Waals surface area contributed by atoms with E-state index in [0.29, 0.717) is 12.0 Å². The molecule has 1 aromatic rings. The quantitative estimate of drug-likeness (QED) is 0.770. The highest BCUT2D eigenvalue weighted by atomic mass is 15.2. The first-order valence-corrected chi connectivity index (χ1v) is 6.79. The highest BCUT2D eigenvalue weighted by Gasteiger charge is 2.22. The van der Waals surface area contributed by atoms with Crippen LogP contribution in [0, 0.1) is 0 Å². The van der Waals surface area contributed by atoms with Gasteiger partial charge < -0.3 is 0 Å². The van der Waals surface area contributed by atoms with Gasteiger partial charge in [-0.15, -0.1) is 0 Å². The normalized spacial score (nSPS) is 14.8. The summed E-state index contributed by atoms with van der Waals surface area (Å²) in [6.45, 7) is 15.0. The highest BCUT2D eigenvalue weighted by molar-refractivity contribution is 5.29. The molecule has 1 aromatic heterocycles. The molecule has 1 aliphatic rings. The van der Waals surface area contributed by atoms with Gasteiger partial charge in [-0.2, -0.15) is 0 Å². The Kier molecular flexibility index (Phi) is 5.13. The summed E-state index contributed by atoms with van der Waals surface area (Å²) in [7, 11) is 0. The zero-order chi connectivity index (χ0) is 13.0. The molecule has 1 aliphatic heterocycles. The molecule has 2 rings (SSSR count). The molecule has 2 nitrogen and oxygen atoms in total. The molecule has 0 aromatic carbocycles. The monoisotopic (exact) mass is 234 g/mol. The molecule has 17 heavy (non-hydrogen) atoms. The van der Waals surface area contributed by atoms with Crippen molar-refractivity contribution in [2.24, 2.45) is 0 Å². The number of aromatic nitrogens is 1. The fourth-order valence-electron chi connectivity index (χ4n) is 1.98. The Balaban J connectivity index is 0.000000686. The largest absolute Gasteiger partial charge is 0.291 e. The van der Waals surface area contributed by atoms with Crippen molar-refractivity contribution in [1.82, 2.24) is 9.88 Å². The van der Waals surface area contributed by atoms with Crippen LogP contribution in [0.3, 0.4) is 0 Å². The maximum absolute atomic E-state index is 4.57. The predicted molar refractivity (Wildman–Crippen MR) is 74.1 cm³/mol. The van der Waals surface area contributed by atoms with Crippen molar-refractivity contribution < 1.29 is 0 Å². The molecule has 2 heterocycles. The second kappa shape index (κ2) is 6.15. The van der Waals surface area contributed by atoms with E-state index in [1.807, 2.05) is 20.0 Å². The third-order valence-corrected chi connectivity index (χ3v) is 3.20. The molecule has 0 atom stereocenters. The average molecular weight is 234 g/mol. The van der Waals surface area contributed by atoms with Crippen LogP contribution in [0.4, 0.5) is 0 Å². The van der Waals surface area contributed by atoms with E-state index < -0.39 is 0 Å². The topological polar surface area (TPSA) is 16.1 Å². The van der Waals surface area contributed by atoms with Crippen molar-refractivity contribution in [1.29, 1.82) is 0 Å². The molecule has 0 saturated carbocycles. The average Bonchev–Trinajstić information content (AvgIpc) is 2.74. The number of pyridine rings is 1. The molecule has 0 unspecified atom stereocenters. The van der Waals surface area contributed by atoms with Crippen LogP contribution in [-0.2, 0) is 13.1 Å². The summed E-state index contributed by atoms with van der Waals surface area (Å²) >= 11 is 0. The summed E-state index contributed by atoms with van der Waals surface area (Å²) in [5.74, 6) is 0.580. The minimum atomic E-state index is 0.580. The second-order valence-electron chi connectivity index (χ2n) is 5.03. The molecule has 2 heteroatoms. The molecule has 0 bridgehead atoms. The Bertz CT molecular complexity index is 356. The Hall–Kier alpha value is -0.890. The lowest BCUT2D eigenvalue weighted by Gasteiger charge is -2.18. The SMILES string of the molecule is CC.CC(C)c1cnc2c(c1)CN(C(C)C)C2. The van der Waals surface area contributed by atoms with E-state index in [0.717, 1.165) is 13.1 Å². The first kappa shape index (κ1) is 14.2. The van der Waals surface area contributed by atoms with Gasteiger partial charge in [0.2, 0.25) is 0 Å². The lowest BCUT2D eigenvalue weighted by Crippen LogP contribution is -2.24. The van der Waals surface area contributed by atoms with Crippen molar-refractivity contribution in [2.75, 3.05) is 0 Å². The Morgan fingerprint density at radius 2 is 1.76 bits per heavy atom. The number of nitrogens with zero attached hydrogens (tertiary/aromatic N) is 2. The summed E-state index contributed by atoms with van der Waals surface area (Å²) in [6, 6.07) is 2.94. The summed E-state index contributed by atoms with van der Waals surface area (Å²) < 4.78 is 0. The van der Waals surface area contributed by atoms with Gasteiger partial charge in [0, 0.05) is 25.3 Å². The van der Waals surface area contributed by atoms with Gasteiger partial charge in [-0.05, 0) is 30.9 Å². The maximum Gasteiger partial charge on any atom is 0.0589 e. The second-order valence-corrected chi connectivity index (χ2v) is 5.03. The van der Waals surface area contributed by atoms with E-state index >= 15 is 0 Å². The first-order chi connectivity index (χ1) is 8.08. The van der Waals surface area contributed by atoms with Crippen LogP contribution in [0.25, 0.3) is 0 Å². The summed E-state index contributed by atoms with van der Waals surface area (Å²) in [5.41, 5.74) is 4.06. The first-order valence-electron chi connectivity index (χ1n) is 6.79. The van der Waals surface area contributed by atoms with Crippen molar-refractivity contribution in [3.63, 3.8) is 0 Å². The standard InChI is InChI=1S/C13H20N2.C2H6/c1-9(2)11-5-12-7-15(10(3)4)8-13(12)14-6-11;1-2/h5-6,9-10H,7-8H2,1-4H3;1-2H3. The fourth-order valence-corrected chi connectivity index (χ4v) is 1.98. The number of hydrogen-bond acceptors (Lipinski definition) is 2. The number of hydrogen-bond donors (Lipinski definition) is 0. The summed E-state index contributed by atoms with van der Waals surface area (Å²) in [4.78, 5) is 7.03. The van der Waals surface area contributed by atoms with Crippen molar-refractivity contribution in [2.45, 2.75) is 66.6 Å². The van der Waals surface area contributed by atoms with Gasteiger partial charge in [0.05, 0.1) is 5.69 Å². The van der Waals surface area contributed by atoms with Gasteiger partial charge in [-0.3, -0.25) is 9.88 Å². The van der Waals surface area contributed by atoms with Gasteiger partial charge in [0.25, 0.3) is 0 Å². The van der Waals surface area contributed by atoms with E-state index in [2.05, 4.69) is 43.6 Å². The summed E-state index contributed by atoms with van der Waals surface area (Å²) in [5, 5.41) is 0. The van der Waals surface area contributed by atoms with Gasteiger partial charge in [0.15, 0.2) is 0 Å². The zero-order valence-electron chi connectivity index (χ0n) is 12.1. The Morgan fingerprint density at radius 3 is 2.29 bits per heavy atom. The molecule has 0 spiro atoms. The lowest BCUT2D eigenvalue weighted by molar-refractivity contribution is 0.226. The van der Waals surface area contributed by atoms with Gasteiger partial charge in [-0.1, -0.05) is 33.8 Å². The minimum absolute atomic E-state index is 0.580. The molecular formula is C15H26N2. The molecule has 0 N–H and O–H groups in total. The van der Waals surface area contributed by atoms with Crippen LogP contribution in [0.2, 0.25) is 0 Å². The van der Waals surface area contributed by atoms with E-state index in [1.54, 1.807) is 0 Å². The third kappa shape index (κ3) is 3.29. The molecule has 96 valence electrons. The molecular weight excluding hydrogens is 208 g/mol. The van der Waals surface area contributed by atoms with Crippen LogP contribution in [0.15, 0.2) is 12.3 Å². The maximum atomic E-state index is 4.57. The number of rotatable bonds is 2. The van der Waals surface area contributed by atoms with E-state index in [9.17, 15) is 0 Å². The lowest BCUT2D eigenvalue weighted by atomic mass is 10.0. The summed E-state index contributed by atoms with van der Waals surface area (Å²) in [6.07, 6.45) is 2.04. The van der Waals surface area contributed by atoms with Crippen molar-refractivity contribution in [3.05, 3.63) is 29.1 Å². The zero-order valence-corrected chi connectivity index (χ0v) is 12.1. The van der Waals surface area contributed by atoms with Crippen molar-refractivity contribution in [3.8, 4) is 0 Å². The minimum Gasteiger partial charge on any atom is -0.291 e. The van der Waals surface area contributed by atoms with Gasteiger partial charge in [0.1, 0.15) is 0 Å². The van der Waals surface area contributed by atoms with Crippen molar-refractivity contribution >= 4 is 0 Å². The van der Waals surface area contributed by atoms with E-state index in [-0.39, 0.29) is 0 Å². The third-order valence-electron chi connectivity index (χ3n) is 3.20. The smallest absolute Gasteiger partial charge is 0.0589 e. The Labute approximate surface area is 106 Å². The van der Waals surface area contributed by atoms with Gasteiger partial charge >= 0.3 is 0 Å². The fraction of sp³-hybridized carbons (Fsp3) is 0.667. The van der Waals surface area contributed by atoms with Crippen LogP contribution in [-0.4, -0.2) is 15.9 Å². The van der Waals surface area contributed by atoms with E-state index in [4.69, 9.17) is 0 Å². The Morgan fingerprint density at radius 1 is 1.12 bits per heavy atom. The molecule has 0 amide bonds. The van der Waals surface area contributed by atoms with Gasteiger partial charge in [-0.25, -0.2) is 0 Å². The molecule has 0 aliphatic carbocycles. The highest BCUT2D eigenvalue weighted by Crippen LogP contribution is 2.25. The van der Waals surface area contributed by atoms with Crippen LogP contribution < -0.4 is 0 Å². The molecule has 0 fully saturated rings. The van der Waals surface area contributed by atoms with Crippen LogP contribution in [0.1, 0.15) is 64.3 Å².